The van der Waals surface area contributed by atoms with E-state index in [1.807, 2.05) is 19.9 Å². The summed E-state index contributed by atoms with van der Waals surface area (Å²) in [6.45, 7) is 7.22. The lowest BCUT2D eigenvalue weighted by Crippen LogP contribution is -2.20. The summed E-state index contributed by atoms with van der Waals surface area (Å²) in [5, 5.41) is 7.57. The Labute approximate surface area is 188 Å². The van der Waals surface area contributed by atoms with Gasteiger partial charge >= 0.3 is 0 Å². The van der Waals surface area contributed by atoms with Gasteiger partial charge < -0.3 is 14.2 Å². The average molecular weight is 440 g/mol. The van der Waals surface area contributed by atoms with Gasteiger partial charge in [-0.25, -0.2) is 4.39 Å². The number of aromatic nitrogens is 2. The molecule has 1 atom stereocenters. The number of hydrogen-bond donors (Lipinski definition) is 1. The number of hydrogen-bond acceptors (Lipinski definition) is 5. The van der Waals surface area contributed by atoms with E-state index in [2.05, 4.69) is 33.3 Å². The van der Waals surface area contributed by atoms with Gasteiger partial charge in [0.15, 0.2) is 11.5 Å². The average Bonchev–Trinajstić information content (AvgIpc) is 3.43. The first kappa shape index (κ1) is 22.1. The molecule has 0 amide bonds. The van der Waals surface area contributed by atoms with Crippen molar-refractivity contribution in [2.75, 3.05) is 20.2 Å². The fraction of sp³-hybridized carbons (Fsp3) is 0.400. The molecule has 0 unspecified atom stereocenters. The highest BCUT2D eigenvalue weighted by Gasteiger charge is 2.26. The zero-order chi connectivity index (χ0) is 22.5. The van der Waals surface area contributed by atoms with E-state index in [1.54, 1.807) is 19.2 Å². The molecular weight excluding hydrogens is 409 g/mol. The third-order valence-electron chi connectivity index (χ3n) is 5.55. The molecule has 2 aromatic carbocycles. The van der Waals surface area contributed by atoms with Crippen LogP contribution in [-0.2, 0) is 13.2 Å². The number of halogens is 1. The Kier molecular flexibility index (Phi) is 6.95. The summed E-state index contributed by atoms with van der Waals surface area (Å²) in [5.74, 6) is 2.29. The highest BCUT2D eigenvalue weighted by molar-refractivity contribution is 5.43. The van der Waals surface area contributed by atoms with Gasteiger partial charge in [-0.2, -0.15) is 5.10 Å². The van der Waals surface area contributed by atoms with Gasteiger partial charge in [-0.3, -0.25) is 10.00 Å². The number of nitrogens with zero attached hydrogens (tertiary/aromatic N) is 2. The maximum Gasteiger partial charge on any atom is 0.161 e. The second-order valence-corrected chi connectivity index (χ2v) is 8.43. The molecule has 6 nitrogen and oxygen atoms in total. The van der Waals surface area contributed by atoms with E-state index in [4.69, 9.17) is 14.2 Å². The molecule has 4 rings (SSSR count). The van der Waals surface area contributed by atoms with Crippen LogP contribution in [0.4, 0.5) is 4.39 Å². The van der Waals surface area contributed by atoms with Crippen molar-refractivity contribution in [1.29, 1.82) is 0 Å². The van der Waals surface area contributed by atoms with E-state index in [-0.39, 0.29) is 11.9 Å². The molecule has 1 fully saturated rings. The van der Waals surface area contributed by atoms with Crippen molar-refractivity contribution >= 4 is 0 Å². The Morgan fingerprint density at radius 2 is 1.94 bits per heavy atom. The molecule has 1 N–H and O–H groups in total. The van der Waals surface area contributed by atoms with E-state index in [0.717, 1.165) is 48.9 Å². The summed E-state index contributed by atoms with van der Waals surface area (Å²) < 4.78 is 30.0. The first-order valence-corrected chi connectivity index (χ1v) is 11.0. The minimum atomic E-state index is -0.273. The highest BCUT2D eigenvalue weighted by atomic mass is 19.1. The molecule has 1 aromatic heterocycles. The predicted molar refractivity (Wildman–Crippen MR) is 121 cm³/mol. The normalized spacial score (nSPS) is 16.5. The molecule has 2 heterocycles. The van der Waals surface area contributed by atoms with Crippen LogP contribution in [0.25, 0.3) is 0 Å². The highest BCUT2D eigenvalue weighted by Crippen LogP contribution is 2.31. The SMILES string of the molecule is COc1cc(CN2CC[C@@H](c3cc(COc4ccc(F)cc4)[nH]n3)C2)ccc1OC(C)C. The van der Waals surface area contributed by atoms with Crippen molar-refractivity contribution in [2.24, 2.45) is 0 Å². The molecule has 0 spiro atoms. The Morgan fingerprint density at radius 1 is 1.12 bits per heavy atom. The quantitative estimate of drug-likeness (QED) is 0.513. The van der Waals surface area contributed by atoms with E-state index in [1.165, 1.54) is 17.7 Å². The maximum atomic E-state index is 13.0. The molecule has 3 aromatic rings. The summed E-state index contributed by atoms with van der Waals surface area (Å²) in [7, 11) is 1.67. The van der Waals surface area contributed by atoms with Crippen molar-refractivity contribution < 1.29 is 18.6 Å². The minimum absolute atomic E-state index is 0.105. The van der Waals surface area contributed by atoms with E-state index >= 15 is 0 Å². The summed E-state index contributed by atoms with van der Waals surface area (Å²) in [4.78, 5) is 2.44. The van der Waals surface area contributed by atoms with Crippen molar-refractivity contribution in [3.63, 3.8) is 0 Å². The van der Waals surface area contributed by atoms with Gasteiger partial charge in [-0.05, 0) is 74.8 Å². The molecule has 0 saturated carbocycles. The van der Waals surface area contributed by atoms with E-state index in [9.17, 15) is 4.39 Å². The number of H-pyrrole nitrogens is 1. The Morgan fingerprint density at radius 3 is 2.69 bits per heavy atom. The lowest BCUT2D eigenvalue weighted by atomic mass is 10.1. The van der Waals surface area contributed by atoms with E-state index in [0.29, 0.717) is 18.3 Å². The van der Waals surface area contributed by atoms with Crippen molar-refractivity contribution in [1.82, 2.24) is 15.1 Å². The van der Waals surface area contributed by atoms with Crippen LogP contribution >= 0.6 is 0 Å². The minimum Gasteiger partial charge on any atom is -0.493 e. The van der Waals surface area contributed by atoms with Crippen LogP contribution < -0.4 is 14.2 Å². The van der Waals surface area contributed by atoms with Crippen LogP contribution in [0, 0.1) is 5.82 Å². The molecule has 1 saturated heterocycles. The largest absolute Gasteiger partial charge is 0.493 e. The lowest BCUT2D eigenvalue weighted by Gasteiger charge is -2.18. The number of rotatable bonds is 9. The van der Waals surface area contributed by atoms with Gasteiger partial charge in [-0.15, -0.1) is 0 Å². The van der Waals surface area contributed by atoms with Crippen LogP contribution in [0.3, 0.4) is 0 Å². The lowest BCUT2D eigenvalue weighted by molar-refractivity contribution is 0.229. The Bertz CT molecular complexity index is 1020. The third kappa shape index (κ3) is 5.59. The molecule has 1 aliphatic rings. The molecule has 32 heavy (non-hydrogen) atoms. The van der Waals surface area contributed by atoms with Gasteiger partial charge in [0.1, 0.15) is 18.2 Å². The fourth-order valence-electron chi connectivity index (χ4n) is 3.99. The molecule has 1 aliphatic heterocycles. The summed E-state index contributed by atoms with van der Waals surface area (Å²) in [5.41, 5.74) is 3.17. The molecule has 0 aliphatic carbocycles. The van der Waals surface area contributed by atoms with Gasteiger partial charge in [0.25, 0.3) is 0 Å². The number of ether oxygens (including phenoxy) is 3. The van der Waals surface area contributed by atoms with Gasteiger partial charge in [-0.1, -0.05) is 6.07 Å². The standard InChI is InChI=1S/C25H30FN3O3/c1-17(2)32-24-9-4-18(12-25(24)30-3)14-29-11-10-19(15-29)23-13-21(27-28-23)16-31-22-7-5-20(26)6-8-22/h4-9,12-13,17,19H,10-11,14-16H2,1-3H3,(H,27,28)/t19-/m1/s1. The third-order valence-corrected chi connectivity index (χ3v) is 5.55. The van der Waals surface area contributed by atoms with Crippen molar-refractivity contribution in [2.45, 2.75) is 45.4 Å². The number of nitrogens with one attached hydrogen (secondary N) is 1. The maximum absolute atomic E-state index is 13.0. The summed E-state index contributed by atoms with van der Waals surface area (Å²) >= 11 is 0. The van der Waals surface area contributed by atoms with E-state index < -0.39 is 0 Å². The topological polar surface area (TPSA) is 59.6 Å². The number of likely N-dealkylation sites (tertiary alicyclic amines) is 1. The van der Waals surface area contributed by atoms with Crippen molar-refractivity contribution in [3.8, 4) is 17.2 Å². The first-order chi connectivity index (χ1) is 15.5. The molecular formula is C25H30FN3O3. The first-order valence-electron chi connectivity index (χ1n) is 11.0. The Hall–Kier alpha value is -3.06. The van der Waals surface area contributed by atoms with Gasteiger partial charge in [0, 0.05) is 19.0 Å². The van der Waals surface area contributed by atoms with Crippen LogP contribution in [0.1, 0.15) is 43.1 Å². The number of methoxy groups -OCH3 is 1. The zero-order valence-corrected chi connectivity index (χ0v) is 18.8. The van der Waals surface area contributed by atoms with Crippen molar-refractivity contribution in [3.05, 3.63) is 71.3 Å². The van der Waals surface area contributed by atoms with Crippen LogP contribution in [0.15, 0.2) is 48.5 Å². The Balaban J connectivity index is 1.31. The fourth-order valence-corrected chi connectivity index (χ4v) is 3.99. The molecule has 0 radical (unpaired) electrons. The number of benzene rings is 2. The zero-order valence-electron chi connectivity index (χ0n) is 18.8. The second-order valence-electron chi connectivity index (χ2n) is 8.43. The van der Waals surface area contributed by atoms with Crippen LogP contribution in [0.2, 0.25) is 0 Å². The second kappa shape index (κ2) is 10.0. The summed E-state index contributed by atoms with van der Waals surface area (Å²) in [6.07, 6.45) is 1.17. The van der Waals surface area contributed by atoms with Crippen LogP contribution in [0.5, 0.6) is 17.2 Å². The number of aromatic amines is 1. The predicted octanol–water partition coefficient (Wildman–Crippen LogP) is 4.91. The van der Waals surface area contributed by atoms with Gasteiger partial charge in [0.2, 0.25) is 0 Å². The monoisotopic (exact) mass is 439 g/mol. The molecule has 170 valence electrons. The van der Waals surface area contributed by atoms with Gasteiger partial charge in [0.05, 0.1) is 24.6 Å². The molecule has 7 heteroatoms. The smallest absolute Gasteiger partial charge is 0.161 e. The molecule has 0 bridgehead atoms. The summed E-state index contributed by atoms with van der Waals surface area (Å²) in [6, 6.07) is 14.2. The van der Waals surface area contributed by atoms with Crippen LogP contribution in [-0.4, -0.2) is 41.4 Å².